The number of nitro groups is 1. The molecule has 1 N–H and O–H groups in total. The molecule has 1 amide bonds. The summed E-state index contributed by atoms with van der Waals surface area (Å²) in [6, 6.07) is 11.9. The molecule has 152 valence electrons. The number of hydrogen-bond donors (Lipinski definition) is 1. The Morgan fingerprint density at radius 3 is 2.67 bits per heavy atom. The number of nitro benzene ring substituents is 1. The number of aryl methyl sites for hydroxylation is 2. The number of nitriles is 1. The summed E-state index contributed by atoms with van der Waals surface area (Å²) in [4.78, 5) is 23.0. The summed E-state index contributed by atoms with van der Waals surface area (Å²) >= 11 is 0. The smallest absolute Gasteiger partial charge is 0.269 e. The van der Waals surface area contributed by atoms with Crippen molar-refractivity contribution in [2.24, 2.45) is 0 Å². The van der Waals surface area contributed by atoms with Gasteiger partial charge in [-0.05, 0) is 62.2 Å². The minimum absolute atomic E-state index is 0.0257. The summed E-state index contributed by atoms with van der Waals surface area (Å²) in [5.74, 6) is 0.0951. The Balaban J connectivity index is 1.91. The van der Waals surface area contributed by atoms with Crippen LogP contribution in [-0.2, 0) is 11.3 Å². The number of nitrogens with one attached hydrogen (secondary N) is 1. The van der Waals surface area contributed by atoms with Crippen molar-refractivity contribution < 1.29 is 14.1 Å². The number of benzene rings is 1. The third-order valence-electron chi connectivity index (χ3n) is 4.77. The van der Waals surface area contributed by atoms with E-state index in [0.717, 1.165) is 28.2 Å². The highest BCUT2D eigenvalue weighted by Gasteiger charge is 2.16. The normalized spacial score (nSPS) is 11.2. The van der Waals surface area contributed by atoms with Crippen molar-refractivity contribution in [3.63, 3.8) is 0 Å². The second kappa shape index (κ2) is 8.49. The van der Waals surface area contributed by atoms with Crippen LogP contribution in [0.15, 0.2) is 52.7 Å². The standard InChI is InChI=1S/C22H20N4O4/c1-14-9-19(26(28)29)6-7-21(14)25-15(2)10-17(16(25)3)11-18(12-23)22(27)24-13-20-5-4-8-30-20/h4-11H,13H2,1-3H3,(H,24,27)/b18-11+. The van der Waals surface area contributed by atoms with E-state index in [1.165, 1.54) is 24.5 Å². The van der Waals surface area contributed by atoms with Gasteiger partial charge < -0.3 is 14.3 Å². The molecule has 0 atom stereocenters. The Bertz CT molecular complexity index is 1180. The van der Waals surface area contributed by atoms with E-state index in [0.29, 0.717) is 5.76 Å². The first-order valence-electron chi connectivity index (χ1n) is 9.18. The van der Waals surface area contributed by atoms with Crippen LogP contribution >= 0.6 is 0 Å². The Kier molecular flexibility index (Phi) is 5.83. The van der Waals surface area contributed by atoms with Gasteiger partial charge in [0, 0.05) is 29.2 Å². The molecule has 30 heavy (non-hydrogen) atoms. The van der Waals surface area contributed by atoms with E-state index in [-0.39, 0.29) is 17.8 Å². The zero-order valence-corrected chi connectivity index (χ0v) is 16.8. The number of hydrogen-bond acceptors (Lipinski definition) is 5. The average molecular weight is 404 g/mol. The minimum Gasteiger partial charge on any atom is -0.467 e. The Labute approximate surface area is 173 Å². The quantitative estimate of drug-likeness (QED) is 0.287. The lowest BCUT2D eigenvalue weighted by molar-refractivity contribution is -0.384. The van der Waals surface area contributed by atoms with E-state index in [1.807, 2.05) is 30.6 Å². The lowest BCUT2D eigenvalue weighted by atomic mass is 10.1. The van der Waals surface area contributed by atoms with Gasteiger partial charge in [-0.2, -0.15) is 5.26 Å². The molecule has 0 saturated carbocycles. The highest BCUT2D eigenvalue weighted by atomic mass is 16.6. The summed E-state index contributed by atoms with van der Waals surface area (Å²) in [5, 5.41) is 23.1. The lowest BCUT2D eigenvalue weighted by Gasteiger charge is -2.12. The molecule has 0 bridgehead atoms. The van der Waals surface area contributed by atoms with E-state index in [2.05, 4.69) is 5.32 Å². The van der Waals surface area contributed by atoms with Crippen LogP contribution in [0.5, 0.6) is 0 Å². The van der Waals surface area contributed by atoms with Gasteiger partial charge in [0.15, 0.2) is 0 Å². The molecule has 0 saturated heterocycles. The second-order valence-corrected chi connectivity index (χ2v) is 6.82. The highest BCUT2D eigenvalue weighted by molar-refractivity contribution is 6.01. The van der Waals surface area contributed by atoms with Crippen molar-refractivity contribution in [2.45, 2.75) is 27.3 Å². The maximum absolute atomic E-state index is 12.4. The zero-order valence-electron chi connectivity index (χ0n) is 16.8. The van der Waals surface area contributed by atoms with Crippen LogP contribution in [0.25, 0.3) is 11.8 Å². The number of furan rings is 1. The fourth-order valence-electron chi connectivity index (χ4n) is 3.29. The van der Waals surface area contributed by atoms with E-state index < -0.39 is 10.8 Å². The topological polar surface area (TPSA) is 114 Å². The fraction of sp³-hybridized carbons (Fsp3) is 0.182. The largest absolute Gasteiger partial charge is 0.467 e. The number of rotatable bonds is 6. The van der Waals surface area contributed by atoms with Crippen LogP contribution in [-0.4, -0.2) is 15.4 Å². The van der Waals surface area contributed by atoms with Crippen molar-refractivity contribution >= 4 is 17.7 Å². The molecular formula is C22H20N4O4. The minimum atomic E-state index is -0.495. The fourth-order valence-corrected chi connectivity index (χ4v) is 3.29. The van der Waals surface area contributed by atoms with Crippen LogP contribution < -0.4 is 5.32 Å². The molecule has 0 aliphatic carbocycles. The van der Waals surface area contributed by atoms with Gasteiger partial charge in [0.2, 0.25) is 0 Å². The highest BCUT2D eigenvalue weighted by Crippen LogP contribution is 2.27. The van der Waals surface area contributed by atoms with Gasteiger partial charge >= 0.3 is 0 Å². The van der Waals surface area contributed by atoms with Crippen molar-refractivity contribution in [3.05, 3.63) is 86.6 Å². The van der Waals surface area contributed by atoms with Crippen LogP contribution in [0.3, 0.4) is 0 Å². The average Bonchev–Trinajstić information content (AvgIpc) is 3.32. The zero-order chi connectivity index (χ0) is 21.8. The number of amides is 1. The van der Waals surface area contributed by atoms with Crippen LogP contribution in [0.1, 0.15) is 28.3 Å². The van der Waals surface area contributed by atoms with Gasteiger partial charge in [0.25, 0.3) is 11.6 Å². The second-order valence-electron chi connectivity index (χ2n) is 6.82. The monoisotopic (exact) mass is 404 g/mol. The number of nitrogens with zero attached hydrogens (tertiary/aromatic N) is 3. The number of aromatic nitrogens is 1. The van der Waals surface area contributed by atoms with Crippen molar-refractivity contribution in [3.8, 4) is 11.8 Å². The summed E-state index contributed by atoms with van der Waals surface area (Å²) in [7, 11) is 0. The van der Waals surface area contributed by atoms with E-state index in [1.54, 1.807) is 25.1 Å². The first kappa shape index (κ1) is 20.6. The summed E-state index contributed by atoms with van der Waals surface area (Å²) in [6.45, 7) is 5.76. The summed E-state index contributed by atoms with van der Waals surface area (Å²) < 4.78 is 7.12. The summed E-state index contributed by atoms with van der Waals surface area (Å²) in [5.41, 5.74) is 3.96. The molecule has 0 fully saturated rings. The molecule has 8 nitrogen and oxygen atoms in total. The van der Waals surface area contributed by atoms with Gasteiger partial charge in [-0.1, -0.05) is 0 Å². The number of carbonyl (C=O) groups excluding carboxylic acids is 1. The molecule has 0 radical (unpaired) electrons. The predicted octanol–water partition coefficient (Wildman–Crippen LogP) is 4.13. The van der Waals surface area contributed by atoms with Crippen molar-refractivity contribution in [1.29, 1.82) is 5.26 Å². The van der Waals surface area contributed by atoms with Gasteiger partial charge in [-0.25, -0.2) is 0 Å². The molecule has 2 aromatic heterocycles. The molecule has 8 heteroatoms. The molecule has 0 spiro atoms. The van der Waals surface area contributed by atoms with Crippen LogP contribution in [0.2, 0.25) is 0 Å². The van der Waals surface area contributed by atoms with Gasteiger partial charge in [-0.3, -0.25) is 14.9 Å². The molecule has 0 aliphatic rings. The van der Waals surface area contributed by atoms with Crippen LogP contribution in [0.4, 0.5) is 5.69 Å². The summed E-state index contributed by atoms with van der Waals surface area (Å²) in [6.07, 6.45) is 3.05. The molecule has 3 rings (SSSR count). The molecule has 0 aliphatic heterocycles. The SMILES string of the molecule is Cc1cc([N+](=O)[O-])ccc1-n1c(C)cc(/C=C(\C#N)C(=O)NCc2ccco2)c1C. The van der Waals surface area contributed by atoms with Crippen LogP contribution in [0, 0.1) is 42.2 Å². The van der Waals surface area contributed by atoms with E-state index in [4.69, 9.17) is 4.42 Å². The first-order chi connectivity index (χ1) is 14.3. The third-order valence-corrected chi connectivity index (χ3v) is 4.77. The Morgan fingerprint density at radius 2 is 2.07 bits per heavy atom. The van der Waals surface area contributed by atoms with Crippen molar-refractivity contribution in [2.75, 3.05) is 0 Å². The molecule has 2 heterocycles. The van der Waals surface area contributed by atoms with E-state index >= 15 is 0 Å². The molecular weight excluding hydrogens is 384 g/mol. The maximum Gasteiger partial charge on any atom is 0.269 e. The first-order valence-corrected chi connectivity index (χ1v) is 9.18. The predicted molar refractivity (Wildman–Crippen MR) is 111 cm³/mol. The molecule has 1 aromatic carbocycles. The third kappa shape index (κ3) is 4.15. The molecule has 0 unspecified atom stereocenters. The Morgan fingerprint density at radius 1 is 1.30 bits per heavy atom. The lowest BCUT2D eigenvalue weighted by Crippen LogP contribution is -2.23. The molecule has 3 aromatic rings. The number of non-ortho nitro benzene ring substituents is 1. The van der Waals surface area contributed by atoms with Gasteiger partial charge in [0.1, 0.15) is 17.4 Å². The van der Waals surface area contributed by atoms with Gasteiger partial charge in [-0.15, -0.1) is 0 Å². The number of carbonyl (C=O) groups is 1. The van der Waals surface area contributed by atoms with Crippen molar-refractivity contribution in [1.82, 2.24) is 9.88 Å². The van der Waals surface area contributed by atoms with Gasteiger partial charge in [0.05, 0.1) is 17.7 Å². The Hall–Kier alpha value is -4.12. The maximum atomic E-state index is 12.4. The van der Waals surface area contributed by atoms with E-state index in [9.17, 15) is 20.2 Å².